The van der Waals surface area contributed by atoms with Gasteiger partial charge in [-0.15, -0.1) is 11.3 Å². The number of aryl methyl sites for hydroxylation is 1. The van der Waals surface area contributed by atoms with Gasteiger partial charge in [-0.05, 0) is 52.0 Å². The first-order valence-corrected chi connectivity index (χ1v) is 11.5. The molecule has 29 heavy (non-hydrogen) atoms. The standard InChI is InChI=1S/C21H37N5O2S/c1-7-28-20(27)18-16(4)24-19(29-18)17(5)25-21(22-6)23-9-8-10-26-12-14(2)11-15(3)13-26/h14-15,17H,7-13H2,1-6H3,(H2,22,23,25). The molecule has 8 heteroatoms. The summed E-state index contributed by atoms with van der Waals surface area (Å²) in [6.45, 7) is 15.1. The summed E-state index contributed by atoms with van der Waals surface area (Å²) in [4.78, 5) is 24.0. The first kappa shape index (κ1) is 23.6. The smallest absolute Gasteiger partial charge is 0.350 e. The summed E-state index contributed by atoms with van der Waals surface area (Å²) in [5.74, 6) is 2.04. The lowest BCUT2D eigenvalue weighted by Gasteiger charge is -2.35. The predicted octanol–water partition coefficient (Wildman–Crippen LogP) is 3.22. The molecule has 2 N–H and O–H groups in total. The molecule has 1 aliphatic rings. The third-order valence-corrected chi connectivity index (χ3v) is 6.43. The van der Waals surface area contributed by atoms with Gasteiger partial charge in [0, 0.05) is 26.7 Å². The Morgan fingerprint density at radius 2 is 2.07 bits per heavy atom. The van der Waals surface area contributed by atoms with E-state index in [1.165, 1.54) is 30.8 Å². The normalized spacial score (nSPS) is 21.7. The highest BCUT2D eigenvalue weighted by molar-refractivity contribution is 7.13. The molecule has 2 heterocycles. The van der Waals surface area contributed by atoms with Crippen molar-refractivity contribution in [3.63, 3.8) is 0 Å². The number of thiazole rings is 1. The molecule has 1 aliphatic heterocycles. The quantitative estimate of drug-likeness (QED) is 0.289. The molecule has 0 saturated carbocycles. The average Bonchev–Trinajstić information content (AvgIpc) is 3.05. The summed E-state index contributed by atoms with van der Waals surface area (Å²) >= 11 is 1.38. The summed E-state index contributed by atoms with van der Waals surface area (Å²) in [5.41, 5.74) is 0.713. The average molecular weight is 424 g/mol. The molecule has 1 aromatic rings. The number of hydrogen-bond donors (Lipinski definition) is 2. The van der Waals surface area contributed by atoms with Crippen molar-refractivity contribution in [3.05, 3.63) is 15.6 Å². The SMILES string of the molecule is CCOC(=O)c1sc(C(C)NC(=NC)NCCCN2CC(C)CC(C)C2)nc1C. The fourth-order valence-electron chi connectivity index (χ4n) is 3.93. The predicted molar refractivity (Wildman–Crippen MR) is 120 cm³/mol. The summed E-state index contributed by atoms with van der Waals surface area (Å²) in [5, 5.41) is 7.61. The van der Waals surface area contributed by atoms with E-state index < -0.39 is 0 Å². The monoisotopic (exact) mass is 423 g/mol. The van der Waals surface area contributed by atoms with Gasteiger partial charge in [-0.2, -0.15) is 0 Å². The van der Waals surface area contributed by atoms with Gasteiger partial charge in [0.1, 0.15) is 9.88 Å². The Morgan fingerprint density at radius 1 is 1.38 bits per heavy atom. The molecule has 164 valence electrons. The Bertz CT molecular complexity index is 681. The summed E-state index contributed by atoms with van der Waals surface area (Å²) in [6.07, 6.45) is 2.43. The highest BCUT2D eigenvalue weighted by Crippen LogP contribution is 2.24. The van der Waals surface area contributed by atoms with Crippen LogP contribution >= 0.6 is 11.3 Å². The maximum atomic E-state index is 12.0. The van der Waals surface area contributed by atoms with Crippen molar-refractivity contribution >= 4 is 23.3 Å². The van der Waals surface area contributed by atoms with E-state index in [-0.39, 0.29) is 12.0 Å². The van der Waals surface area contributed by atoms with Crippen molar-refractivity contribution in [1.82, 2.24) is 20.5 Å². The second-order valence-corrected chi connectivity index (χ2v) is 9.14. The third-order valence-electron chi connectivity index (χ3n) is 5.11. The van der Waals surface area contributed by atoms with Crippen molar-refractivity contribution in [2.45, 2.75) is 53.5 Å². The first-order valence-electron chi connectivity index (χ1n) is 10.7. The number of guanidine groups is 1. The second-order valence-electron chi connectivity index (χ2n) is 8.11. The minimum atomic E-state index is -0.301. The van der Waals surface area contributed by atoms with Gasteiger partial charge in [0.05, 0.1) is 18.3 Å². The summed E-state index contributed by atoms with van der Waals surface area (Å²) in [7, 11) is 1.77. The van der Waals surface area contributed by atoms with Crippen LogP contribution in [0.5, 0.6) is 0 Å². The summed E-state index contributed by atoms with van der Waals surface area (Å²) < 4.78 is 5.10. The Labute approximate surface area is 179 Å². The van der Waals surface area contributed by atoms with E-state index in [2.05, 4.69) is 39.4 Å². The molecule has 0 aromatic carbocycles. The highest BCUT2D eigenvalue weighted by Gasteiger charge is 2.22. The van der Waals surface area contributed by atoms with Crippen LogP contribution in [0.1, 0.15) is 67.0 Å². The lowest BCUT2D eigenvalue weighted by molar-refractivity contribution is 0.0531. The molecule has 0 bridgehead atoms. The van der Waals surface area contributed by atoms with Crippen LogP contribution < -0.4 is 10.6 Å². The molecule has 3 atom stereocenters. The largest absolute Gasteiger partial charge is 0.462 e. The van der Waals surface area contributed by atoms with Gasteiger partial charge in [0.15, 0.2) is 5.96 Å². The minimum absolute atomic E-state index is 0.0446. The molecule has 0 spiro atoms. The van der Waals surface area contributed by atoms with Gasteiger partial charge in [0.25, 0.3) is 0 Å². The van der Waals surface area contributed by atoms with E-state index in [1.807, 2.05) is 20.8 Å². The van der Waals surface area contributed by atoms with E-state index in [0.29, 0.717) is 17.2 Å². The molecule has 3 unspecified atom stereocenters. The van der Waals surface area contributed by atoms with Crippen LogP contribution in [0.2, 0.25) is 0 Å². The molecule has 0 amide bonds. The molecule has 1 saturated heterocycles. The van der Waals surface area contributed by atoms with E-state index in [0.717, 1.165) is 42.3 Å². The van der Waals surface area contributed by atoms with Crippen LogP contribution in [0.4, 0.5) is 0 Å². The van der Waals surface area contributed by atoms with Crippen LogP contribution in [0, 0.1) is 18.8 Å². The number of hydrogen-bond acceptors (Lipinski definition) is 6. The summed E-state index contributed by atoms with van der Waals surface area (Å²) in [6, 6.07) is -0.0446. The fourth-order valence-corrected chi connectivity index (χ4v) is 4.90. The van der Waals surface area contributed by atoms with Gasteiger partial charge in [-0.25, -0.2) is 9.78 Å². The van der Waals surface area contributed by atoms with Gasteiger partial charge < -0.3 is 20.3 Å². The number of aliphatic imine (C=N–C) groups is 1. The van der Waals surface area contributed by atoms with E-state index in [4.69, 9.17) is 4.74 Å². The number of nitrogens with zero attached hydrogens (tertiary/aromatic N) is 3. The van der Waals surface area contributed by atoms with Crippen molar-refractivity contribution in [1.29, 1.82) is 0 Å². The zero-order valence-corrected chi connectivity index (χ0v) is 19.6. The molecule has 7 nitrogen and oxygen atoms in total. The second kappa shape index (κ2) is 11.5. The number of likely N-dealkylation sites (tertiary alicyclic amines) is 1. The van der Waals surface area contributed by atoms with Crippen molar-refractivity contribution in [2.75, 3.05) is 39.8 Å². The number of ether oxygens (including phenoxy) is 1. The maximum Gasteiger partial charge on any atom is 0.350 e. The number of esters is 1. The van der Waals surface area contributed by atoms with Crippen molar-refractivity contribution in [2.24, 2.45) is 16.8 Å². The molecule has 2 rings (SSSR count). The number of carbonyl (C=O) groups excluding carboxylic acids is 1. The van der Waals surface area contributed by atoms with Crippen molar-refractivity contribution < 1.29 is 9.53 Å². The van der Waals surface area contributed by atoms with Crippen LogP contribution in [0.15, 0.2) is 4.99 Å². The number of nitrogens with one attached hydrogen (secondary N) is 2. The topological polar surface area (TPSA) is 78.8 Å². The van der Waals surface area contributed by atoms with Gasteiger partial charge in [0.2, 0.25) is 0 Å². The third kappa shape index (κ3) is 7.26. The molecular formula is C21H37N5O2S. The molecule has 0 radical (unpaired) electrons. The number of aromatic nitrogens is 1. The number of rotatable bonds is 8. The Morgan fingerprint density at radius 3 is 2.69 bits per heavy atom. The van der Waals surface area contributed by atoms with E-state index in [1.54, 1.807) is 7.05 Å². The van der Waals surface area contributed by atoms with Crippen LogP contribution in [-0.4, -0.2) is 61.6 Å². The van der Waals surface area contributed by atoms with E-state index >= 15 is 0 Å². The molecule has 0 aliphatic carbocycles. The molecule has 1 fully saturated rings. The lowest BCUT2D eigenvalue weighted by atomic mass is 9.92. The zero-order valence-electron chi connectivity index (χ0n) is 18.7. The molecule has 1 aromatic heterocycles. The Kier molecular flexibility index (Phi) is 9.36. The maximum absolute atomic E-state index is 12.0. The van der Waals surface area contributed by atoms with Gasteiger partial charge in [-0.1, -0.05) is 13.8 Å². The van der Waals surface area contributed by atoms with Crippen LogP contribution in [0.25, 0.3) is 0 Å². The first-order chi connectivity index (χ1) is 13.8. The van der Waals surface area contributed by atoms with Crippen LogP contribution in [-0.2, 0) is 4.74 Å². The lowest BCUT2D eigenvalue weighted by Crippen LogP contribution is -2.42. The van der Waals surface area contributed by atoms with Crippen molar-refractivity contribution in [3.8, 4) is 0 Å². The minimum Gasteiger partial charge on any atom is -0.462 e. The Hall–Kier alpha value is -1.67. The number of carbonyl (C=O) groups is 1. The van der Waals surface area contributed by atoms with E-state index in [9.17, 15) is 4.79 Å². The van der Waals surface area contributed by atoms with Crippen LogP contribution in [0.3, 0.4) is 0 Å². The highest BCUT2D eigenvalue weighted by atomic mass is 32.1. The fraction of sp³-hybridized carbons (Fsp3) is 0.762. The van der Waals surface area contributed by atoms with Gasteiger partial charge >= 0.3 is 5.97 Å². The molecular weight excluding hydrogens is 386 g/mol. The Balaban J connectivity index is 1.79. The zero-order chi connectivity index (χ0) is 21.4. The van der Waals surface area contributed by atoms with Gasteiger partial charge in [-0.3, -0.25) is 4.99 Å². The number of piperidine rings is 1.